The van der Waals surface area contributed by atoms with Crippen molar-refractivity contribution in [1.82, 2.24) is 9.97 Å². The van der Waals surface area contributed by atoms with Crippen LogP contribution >= 0.6 is 22.9 Å². The van der Waals surface area contributed by atoms with Gasteiger partial charge >= 0.3 is 0 Å². The summed E-state index contributed by atoms with van der Waals surface area (Å²) in [5.41, 5.74) is 1.16. The summed E-state index contributed by atoms with van der Waals surface area (Å²) in [6.45, 7) is 0. The van der Waals surface area contributed by atoms with Gasteiger partial charge in [-0.2, -0.15) is 0 Å². The van der Waals surface area contributed by atoms with Crippen LogP contribution in [0, 0.1) is 5.82 Å². The van der Waals surface area contributed by atoms with E-state index in [-0.39, 0.29) is 5.82 Å². The zero-order valence-electron chi connectivity index (χ0n) is 8.52. The van der Waals surface area contributed by atoms with Crippen LogP contribution in [-0.2, 0) is 0 Å². The molecule has 5 heteroatoms. The monoisotopic (exact) mass is 264 g/mol. The molecule has 17 heavy (non-hydrogen) atoms. The number of fused-ring (bicyclic) bond motifs is 1. The third-order valence-corrected chi connectivity index (χ3v) is 3.71. The number of hydrogen-bond acceptors (Lipinski definition) is 3. The van der Waals surface area contributed by atoms with Gasteiger partial charge in [-0.1, -0.05) is 17.7 Å². The van der Waals surface area contributed by atoms with Gasteiger partial charge < -0.3 is 0 Å². The third-order valence-electron chi connectivity index (χ3n) is 2.37. The molecule has 0 spiro atoms. The predicted molar refractivity (Wildman–Crippen MR) is 67.8 cm³/mol. The highest BCUT2D eigenvalue weighted by molar-refractivity contribution is 7.21. The molecule has 0 saturated carbocycles. The Morgan fingerprint density at radius 1 is 1.24 bits per heavy atom. The molecule has 0 aliphatic heterocycles. The molecule has 0 aliphatic rings. The second-order valence-corrected chi connectivity index (χ2v) is 4.90. The smallest absolute Gasteiger partial charge is 0.134 e. The molecule has 0 amide bonds. The first-order chi connectivity index (χ1) is 8.25. The molecule has 0 radical (unpaired) electrons. The van der Waals surface area contributed by atoms with Crippen LogP contribution in [0.5, 0.6) is 0 Å². The molecule has 0 saturated heterocycles. The molecule has 1 aromatic carbocycles. The fourth-order valence-electron chi connectivity index (χ4n) is 1.59. The first kappa shape index (κ1) is 10.6. The van der Waals surface area contributed by atoms with E-state index >= 15 is 0 Å². The maximum absolute atomic E-state index is 13.7. The Bertz CT molecular complexity index is 643. The van der Waals surface area contributed by atoms with Gasteiger partial charge in [-0.3, -0.25) is 4.98 Å². The van der Waals surface area contributed by atoms with E-state index in [0.717, 1.165) is 10.2 Å². The first-order valence-electron chi connectivity index (χ1n) is 4.90. The fraction of sp³-hybridized carbons (Fsp3) is 0. The van der Waals surface area contributed by atoms with Gasteiger partial charge in [-0.05, 0) is 18.2 Å². The second-order valence-electron chi connectivity index (χ2n) is 3.46. The Morgan fingerprint density at radius 3 is 2.88 bits per heavy atom. The number of aromatic nitrogens is 2. The van der Waals surface area contributed by atoms with E-state index in [2.05, 4.69) is 9.97 Å². The minimum Gasteiger partial charge on any atom is -0.263 e. The van der Waals surface area contributed by atoms with Gasteiger partial charge in [0.15, 0.2) is 0 Å². The van der Waals surface area contributed by atoms with Crippen molar-refractivity contribution < 1.29 is 4.39 Å². The maximum atomic E-state index is 13.7. The maximum Gasteiger partial charge on any atom is 0.134 e. The standard InChI is InChI=1S/C12H6ClFN2S/c13-7-2-1-3-8(14)11(7)12-16-9-4-5-15-6-10(9)17-12/h1-6H. The van der Waals surface area contributed by atoms with Gasteiger partial charge in [0, 0.05) is 12.4 Å². The average molecular weight is 265 g/mol. The topological polar surface area (TPSA) is 25.8 Å². The van der Waals surface area contributed by atoms with E-state index in [1.54, 1.807) is 30.6 Å². The zero-order chi connectivity index (χ0) is 11.8. The van der Waals surface area contributed by atoms with Crippen LogP contribution in [0.3, 0.4) is 0 Å². The summed E-state index contributed by atoms with van der Waals surface area (Å²) in [4.78, 5) is 8.37. The largest absolute Gasteiger partial charge is 0.263 e. The Morgan fingerprint density at radius 2 is 2.12 bits per heavy atom. The lowest BCUT2D eigenvalue weighted by Crippen LogP contribution is -1.84. The van der Waals surface area contributed by atoms with E-state index in [4.69, 9.17) is 11.6 Å². The van der Waals surface area contributed by atoms with Gasteiger partial charge in [0.1, 0.15) is 10.8 Å². The summed E-state index contributed by atoms with van der Waals surface area (Å²) < 4.78 is 14.6. The van der Waals surface area contributed by atoms with Crippen LogP contribution in [0.2, 0.25) is 5.02 Å². The molecule has 0 aliphatic carbocycles. The van der Waals surface area contributed by atoms with Crippen molar-refractivity contribution in [3.05, 3.63) is 47.5 Å². The molecule has 0 bridgehead atoms. The van der Waals surface area contributed by atoms with Crippen LogP contribution < -0.4 is 0 Å². The third kappa shape index (κ3) is 1.79. The Balaban J connectivity index is 2.27. The SMILES string of the molecule is Fc1cccc(Cl)c1-c1nc2ccncc2s1. The summed E-state index contributed by atoms with van der Waals surface area (Å²) in [6, 6.07) is 6.41. The van der Waals surface area contributed by atoms with Crippen molar-refractivity contribution in [2.75, 3.05) is 0 Å². The molecule has 2 heterocycles. The quantitative estimate of drug-likeness (QED) is 0.660. The average Bonchev–Trinajstić information content (AvgIpc) is 2.71. The lowest BCUT2D eigenvalue weighted by atomic mass is 10.2. The summed E-state index contributed by atoms with van der Waals surface area (Å²) in [5.74, 6) is -0.357. The molecular formula is C12H6ClFN2S. The molecule has 0 atom stereocenters. The number of hydrogen-bond donors (Lipinski definition) is 0. The van der Waals surface area contributed by atoms with Crippen molar-refractivity contribution in [3.63, 3.8) is 0 Å². The number of pyridine rings is 1. The van der Waals surface area contributed by atoms with Crippen molar-refractivity contribution in [2.45, 2.75) is 0 Å². The van der Waals surface area contributed by atoms with E-state index in [1.807, 2.05) is 0 Å². The second kappa shape index (κ2) is 4.05. The molecule has 84 valence electrons. The highest BCUT2D eigenvalue weighted by atomic mass is 35.5. The number of benzene rings is 1. The molecule has 0 N–H and O–H groups in total. The Hall–Kier alpha value is -1.52. The Kier molecular flexibility index (Phi) is 2.53. The predicted octanol–water partition coefficient (Wildman–Crippen LogP) is 4.15. The van der Waals surface area contributed by atoms with Crippen LogP contribution in [0.4, 0.5) is 4.39 Å². The molecule has 3 rings (SSSR count). The number of rotatable bonds is 1. The van der Waals surface area contributed by atoms with E-state index < -0.39 is 0 Å². The van der Waals surface area contributed by atoms with Crippen molar-refractivity contribution >= 4 is 33.2 Å². The molecular weight excluding hydrogens is 259 g/mol. The van der Waals surface area contributed by atoms with Crippen LogP contribution in [0.1, 0.15) is 0 Å². The molecule has 2 aromatic heterocycles. The van der Waals surface area contributed by atoms with Gasteiger partial charge in [-0.25, -0.2) is 9.37 Å². The normalized spacial score (nSPS) is 10.9. The Labute approximate surface area is 106 Å². The highest BCUT2D eigenvalue weighted by Gasteiger charge is 2.13. The lowest BCUT2D eigenvalue weighted by molar-refractivity contribution is 0.631. The summed E-state index contributed by atoms with van der Waals surface area (Å²) >= 11 is 7.38. The van der Waals surface area contributed by atoms with Crippen molar-refractivity contribution in [1.29, 1.82) is 0 Å². The lowest BCUT2D eigenvalue weighted by Gasteiger charge is -2.00. The summed E-state index contributed by atoms with van der Waals surface area (Å²) in [6.07, 6.45) is 3.38. The van der Waals surface area contributed by atoms with Crippen LogP contribution in [0.15, 0.2) is 36.7 Å². The fourth-order valence-corrected chi connectivity index (χ4v) is 2.89. The number of nitrogens with zero attached hydrogens (tertiary/aromatic N) is 2. The van der Waals surface area contributed by atoms with Crippen LogP contribution in [-0.4, -0.2) is 9.97 Å². The first-order valence-corrected chi connectivity index (χ1v) is 6.10. The van der Waals surface area contributed by atoms with Crippen molar-refractivity contribution in [2.24, 2.45) is 0 Å². The summed E-state index contributed by atoms with van der Waals surface area (Å²) in [5, 5.41) is 0.952. The molecule has 3 aromatic rings. The van der Waals surface area contributed by atoms with Gasteiger partial charge in [-0.15, -0.1) is 11.3 Å². The summed E-state index contributed by atoms with van der Waals surface area (Å²) in [7, 11) is 0. The van der Waals surface area contributed by atoms with E-state index in [9.17, 15) is 4.39 Å². The van der Waals surface area contributed by atoms with E-state index in [0.29, 0.717) is 15.6 Å². The highest BCUT2D eigenvalue weighted by Crippen LogP contribution is 2.35. The van der Waals surface area contributed by atoms with Gasteiger partial charge in [0.2, 0.25) is 0 Å². The minimum absolute atomic E-state index is 0.357. The molecule has 2 nitrogen and oxygen atoms in total. The van der Waals surface area contributed by atoms with Gasteiger partial charge in [0.05, 0.1) is 20.8 Å². The minimum atomic E-state index is -0.357. The molecule has 0 fully saturated rings. The number of thiazole rings is 1. The van der Waals surface area contributed by atoms with Gasteiger partial charge in [0.25, 0.3) is 0 Å². The van der Waals surface area contributed by atoms with Crippen molar-refractivity contribution in [3.8, 4) is 10.6 Å². The molecule has 0 unspecified atom stereocenters. The zero-order valence-corrected chi connectivity index (χ0v) is 10.1. The number of halogens is 2. The van der Waals surface area contributed by atoms with Crippen LogP contribution in [0.25, 0.3) is 20.8 Å². The van der Waals surface area contributed by atoms with E-state index in [1.165, 1.54) is 17.4 Å².